The third-order valence-electron chi connectivity index (χ3n) is 1.23. The molecule has 0 saturated heterocycles. The molecule has 0 fully saturated rings. The molecule has 14 heavy (non-hydrogen) atoms. The second kappa shape index (κ2) is 3.33. The van der Waals surface area contributed by atoms with Crippen molar-refractivity contribution in [3.63, 3.8) is 0 Å². The summed E-state index contributed by atoms with van der Waals surface area (Å²) in [5, 5.41) is -1.06. The van der Waals surface area contributed by atoms with Gasteiger partial charge < -0.3 is 11.5 Å². The van der Waals surface area contributed by atoms with Gasteiger partial charge in [-0.25, -0.2) is 18.4 Å². The Hall–Kier alpha value is -1.51. The number of sulfone groups is 1. The van der Waals surface area contributed by atoms with Gasteiger partial charge in [0.2, 0.25) is 0 Å². The maximum atomic E-state index is 12.0. The number of anilines is 2. The van der Waals surface area contributed by atoms with Crippen molar-refractivity contribution in [3.8, 4) is 0 Å². The SMILES string of the molecule is Nc1cc(N)nc(S(=O)(=O)C(F)F)n1. The normalized spacial score (nSPS) is 11.9. The highest BCUT2D eigenvalue weighted by atomic mass is 32.2. The first kappa shape index (κ1) is 10.6. The maximum Gasteiger partial charge on any atom is 0.344 e. The lowest BCUT2D eigenvalue weighted by molar-refractivity contribution is 0.233. The van der Waals surface area contributed by atoms with Gasteiger partial charge in [-0.05, 0) is 0 Å². The summed E-state index contributed by atoms with van der Waals surface area (Å²) in [6, 6.07) is 1.06. The van der Waals surface area contributed by atoms with Crippen molar-refractivity contribution >= 4 is 21.5 Å². The molecule has 9 heteroatoms. The molecule has 0 bridgehead atoms. The quantitative estimate of drug-likeness (QED) is 0.663. The Morgan fingerprint density at radius 1 is 1.21 bits per heavy atom. The van der Waals surface area contributed by atoms with Crippen LogP contribution >= 0.6 is 0 Å². The summed E-state index contributed by atoms with van der Waals surface area (Å²) in [5.74, 6) is -4.16. The fraction of sp³-hybridized carbons (Fsp3) is 0.200. The molecule has 0 aliphatic carbocycles. The molecule has 1 aromatic heterocycles. The van der Waals surface area contributed by atoms with Crippen LogP contribution in [0, 0.1) is 0 Å². The number of hydrogen-bond donors (Lipinski definition) is 2. The number of aromatic nitrogens is 2. The topological polar surface area (TPSA) is 112 Å². The van der Waals surface area contributed by atoms with Crippen molar-refractivity contribution < 1.29 is 17.2 Å². The predicted molar refractivity (Wildman–Crippen MR) is 44.0 cm³/mol. The zero-order chi connectivity index (χ0) is 10.9. The average Bonchev–Trinajstić information content (AvgIpc) is 2.01. The highest BCUT2D eigenvalue weighted by Gasteiger charge is 2.30. The molecule has 0 aliphatic heterocycles. The summed E-state index contributed by atoms with van der Waals surface area (Å²) in [5.41, 5.74) is 10.2. The number of alkyl halides is 2. The standard InChI is InChI=1S/C5H6F2N4O2S/c6-4(7)14(12,13)5-10-2(8)1-3(9)11-5/h1,4H,(H4,8,9,10,11). The lowest BCUT2D eigenvalue weighted by Crippen LogP contribution is -2.16. The van der Waals surface area contributed by atoms with Crippen LogP contribution in [0.15, 0.2) is 11.2 Å². The first-order valence-corrected chi connectivity index (χ1v) is 4.81. The van der Waals surface area contributed by atoms with Crippen molar-refractivity contribution in [1.29, 1.82) is 0 Å². The zero-order valence-electron chi connectivity index (χ0n) is 6.68. The van der Waals surface area contributed by atoms with Crippen LogP contribution in [0.5, 0.6) is 0 Å². The van der Waals surface area contributed by atoms with Crippen molar-refractivity contribution in [2.75, 3.05) is 11.5 Å². The fourth-order valence-electron chi connectivity index (χ4n) is 0.669. The van der Waals surface area contributed by atoms with E-state index in [2.05, 4.69) is 9.97 Å². The summed E-state index contributed by atoms with van der Waals surface area (Å²) in [6.45, 7) is 0. The van der Waals surface area contributed by atoms with Gasteiger partial charge in [-0.3, -0.25) is 0 Å². The molecule has 0 radical (unpaired) electrons. The molecule has 78 valence electrons. The highest BCUT2D eigenvalue weighted by molar-refractivity contribution is 7.91. The highest BCUT2D eigenvalue weighted by Crippen LogP contribution is 2.16. The lowest BCUT2D eigenvalue weighted by atomic mass is 10.5. The van der Waals surface area contributed by atoms with Crippen molar-refractivity contribution in [2.45, 2.75) is 10.9 Å². The molecule has 1 aromatic rings. The van der Waals surface area contributed by atoms with Gasteiger partial charge in [0, 0.05) is 6.07 Å². The summed E-state index contributed by atoms with van der Waals surface area (Å²) in [7, 11) is -4.84. The van der Waals surface area contributed by atoms with E-state index < -0.39 is 20.8 Å². The molecule has 0 saturated carbocycles. The average molecular weight is 224 g/mol. The maximum absolute atomic E-state index is 12.0. The Morgan fingerprint density at radius 2 is 1.64 bits per heavy atom. The van der Waals surface area contributed by atoms with Crippen LogP contribution in [0.3, 0.4) is 0 Å². The fourth-order valence-corrected chi connectivity index (χ4v) is 1.29. The van der Waals surface area contributed by atoms with Crippen LogP contribution in [-0.2, 0) is 9.84 Å². The molecule has 0 spiro atoms. The van der Waals surface area contributed by atoms with Gasteiger partial charge in [0.25, 0.3) is 15.0 Å². The molecule has 0 amide bonds. The van der Waals surface area contributed by atoms with Gasteiger partial charge in [0.1, 0.15) is 11.6 Å². The molecule has 0 aromatic carbocycles. The summed E-state index contributed by atoms with van der Waals surface area (Å²) in [6.07, 6.45) is 0. The Bertz CT molecular complexity index is 427. The van der Waals surface area contributed by atoms with Crippen LogP contribution in [0.4, 0.5) is 20.4 Å². The number of nitrogens with zero attached hydrogens (tertiary/aromatic N) is 2. The van der Waals surface area contributed by atoms with Gasteiger partial charge in [-0.2, -0.15) is 8.78 Å². The third kappa shape index (κ3) is 1.87. The van der Waals surface area contributed by atoms with E-state index in [1.807, 2.05) is 0 Å². The van der Waals surface area contributed by atoms with E-state index in [4.69, 9.17) is 11.5 Å². The number of nitrogen functional groups attached to an aromatic ring is 2. The molecule has 4 N–H and O–H groups in total. The lowest BCUT2D eigenvalue weighted by Gasteiger charge is -2.02. The Balaban J connectivity index is 3.34. The zero-order valence-corrected chi connectivity index (χ0v) is 7.50. The summed E-state index contributed by atoms with van der Waals surface area (Å²) in [4.78, 5) is 6.29. The van der Waals surface area contributed by atoms with E-state index in [1.54, 1.807) is 0 Å². The minimum absolute atomic E-state index is 0.281. The molecule has 0 unspecified atom stereocenters. The van der Waals surface area contributed by atoms with Gasteiger partial charge in [-0.1, -0.05) is 0 Å². The molecule has 1 rings (SSSR count). The Kier molecular flexibility index (Phi) is 2.51. The van der Waals surface area contributed by atoms with Crippen LogP contribution < -0.4 is 11.5 Å². The molecular formula is C5H6F2N4O2S. The van der Waals surface area contributed by atoms with Crippen molar-refractivity contribution in [1.82, 2.24) is 9.97 Å². The van der Waals surface area contributed by atoms with Crippen LogP contribution in [0.2, 0.25) is 0 Å². The van der Waals surface area contributed by atoms with Crippen LogP contribution in [-0.4, -0.2) is 24.1 Å². The number of hydrogen-bond acceptors (Lipinski definition) is 6. The van der Waals surface area contributed by atoms with Gasteiger partial charge in [0.05, 0.1) is 0 Å². The minimum atomic E-state index is -4.84. The van der Waals surface area contributed by atoms with Crippen molar-refractivity contribution in [3.05, 3.63) is 6.07 Å². The second-order valence-corrected chi connectivity index (χ2v) is 4.12. The molecule has 6 nitrogen and oxygen atoms in total. The van der Waals surface area contributed by atoms with Gasteiger partial charge in [0.15, 0.2) is 0 Å². The molecule has 0 aliphatic rings. The smallest absolute Gasteiger partial charge is 0.344 e. The predicted octanol–water partition coefficient (Wildman–Crippen LogP) is -0.363. The monoisotopic (exact) mass is 224 g/mol. The first-order valence-electron chi connectivity index (χ1n) is 3.26. The van der Waals surface area contributed by atoms with E-state index in [9.17, 15) is 17.2 Å². The van der Waals surface area contributed by atoms with Gasteiger partial charge >= 0.3 is 5.76 Å². The molecule has 1 heterocycles. The molecular weight excluding hydrogens is 218 g/mol. The first-order chi connectivity index (χ1) is 6.34. The largest absolute Gasteiger partial charge is 0.383 e. The number of halogens is 2. The number of nitrogens with two attached hydrogens (primary N) is 2. The second-order valence-electron chi connectivity index (χ2n) is 2.31. The summed E-state index contributed by atoms with van der Waals surface area (Å²) < 4.78 is 45.7. The third-order valence-corrected chi connectivity index (χ3v) is 2.39. The van der Waals surface area contributed by atoms with E-state index in [1.165, 1.54) is 0 Å². The Morgan fingerprint density at radius 3 is 2.00 bits per heavy atom. The van der Waals surface area contributed by atoms with Crippen LogP contribution in [0.25, 0.3) is 0 Å². The number of rotatable bonds is 2. The van der Waals surface area contributed by atoms with Crippen LogP contribution in [0.1, 0.15) is 0 Å². The van der Waals surface area contributed by atoms with E-state index in [0.717, 1.165) is 6.07 Å². The van der Waals surface area contributed by atoms with E-state index in [-0.39, 0.29) is 11.6 Å². The summed E-state index contributed by atoms with van der Waals surface area (Å²) >= 11 is 0. The van der Waals surface area contributed by atoms with E-state index in [0.29, 0.717) is 0 Å². The Labute approximate surface area is 77.9 Å². The van der Waals surface area contributed by atoms with E-state index >= 15 is 0 Å². The van der Waals surface area contributed by atoms with Crippen molar-refractivity contribution in [2.24, 2.45) is 0 Å². The van der Waals surface area contributed by atoms with Gasteiger partial charge in [-0.15, -0.1) is 0 Å². The minimum Gasteiger partial charge on any atom is -0.383 e. The molecule has 0 atom stereocenters.